The van der Waals surface area contributed by atoms with E-state index < -0.39 is 0 Å². The van der Waals surface area contributed by atoms with Gasteiger partial charge in [-0.1, -0.05) is 11.6 Å². The predicted octanol–water partition coefficient (Wildman–Crippen LogP) is 1.99. The number of hydrogen-bond donors (Lipinski definition) is 1. The van der Waals surface area contributed by atoms with Crippen LogP contribution in [0.25, 0.3) is 0 Å². The van der Waals surface area contributed by atoms with Crippen molar-refractivity contribution in [1.29, 1.82) is 0 Å². The van der Waals surface area contributed by atoms with E-state index in [0.717, 1.165) is 30.9 Å². The molecule has 13 heavy (non-hydrogen) atoms. The van der Waals surface area contributed by atoms with Crippen LogP contribution in [0.4, 0.5) is 11.4 Å². The fraction of sp³-hybridized carbons (Fsp3) is 0.444. The van der Waals surface area contributed by atoms with E-state index in [-0.39, 0.29) is 0 Å². The maximum atomic E-state index is 6.03. The Hall–Kier alpha value is -0.960. The molecule has 0 saturated carbocycles. The van der Waals surface area contributed by atoms with Gasteiger partial charge in [0.25, 0.3) is 0 Å². The number of rotatable bonds is 0. The molecule has 0 fully saturated rings. The molecule has 0 aromatic carbocycles. The van der Waals surface area contributed by atoms with Gasteiger partial charge in [0, 0.05) is 26.3 Å². The highest BCUT2D eigenvalue weighted by atomic mass is 35.5. The lowest BCUT2D eigenvalue weighted by Gasteiger charge is -2.18. The zero-order valence-electron chi connectivity index (χ0n) is 7.55. The molecule has 0 bridgehead atoms. The van der Waals surface area contributed by atoms with Crippen molar-refractivity contribution in [2.45, 2.75) is 6.42 Å². The van der Waals surface area contributed by atoms with Gasteiger partial charge in [-0.25, -0.2) is 0 Å². The van der Waals surface area contributed by atoms with Crippen LogP contribution in [-0.4, -0.2) is 25.1 Å². The molecule has 3 nitrogen and oxygen atoms in total. The van der Waals surface area contributed by atoms with Gasteiger partial charge in [0.2, 0.25) is 0 Å². The van der Waals surface area contributed by atoms with Crippen LogP contribution < -0.4 is 10.2 Å². The molecule has 1 aromatic rings. The van der Waals surface area contributed by atoms with Gasteiger partial charge in [-0.05, 0) is 6.42 Å². The van der Waals surface area contributed by atoms with E-state index in [1.54, 1.807) is 6.20 Å². The minimum atomic E-state index is 0.700. The number of anilines is 2. The second-order valence-electron chi connectivity index (χ2n) is 3.22. The van der Waals surface area contributed by atoms with Crippen LogP contribution in [0, 0.1) is 0 Å². The van der Waals surface area contributed by atoms with Crippen LogP contribution in [-0.2, 0) is 0 Å². The van der Waals surface area contributed by atoms with Crippen LogP contribution >= 0.6 is 11.6 Å². The average Bonchev–Trinajstić information content (AvgIpc) is 2.30. The Morgan fingerprint density at radius 2 is 2.38 bits per heavy atom. The van der Waals surface area contributed by atoms with Crippen LogP contribution in [0.5, 0.6) is 0 Å². The summed E-state index contributed by atoms with van der Waals surface area (Å²) < 4.78 is 0. The third-order valence-corrected chi connectivity index (χ3v) is 2.55. The summed E-state index contributed by atoms with van der Waals surface area (Å²) in [6, 6.07) is 0. The smallest absolute Gasteiger partial charge is 0.0842 e. The van der Waals surface area contributed by atoms with Gasteiger partial charge in [-0.2, -0.15) is 0 Å². The molecule has 0 spiro atoms. The summed E-state index contributed by atoms with van der Waals surface area (Å²) >= 11 is 6.03. The molecule has 0 aliphatic carbocycles. The molecular weight excluding hydrogens is 186 g/mol. The highest BCUT2D eigenvalue weighted by Gasteiger charge is 2.13. The number of hydrogen-bond acceptors (Lipinski definition) is 3. The SMILES string of the molecule is CN1CCCNc2c(Cl)cncc21. The molecule has 1 N–H and O–H groups in total. The molecule has 1 aliphatic rings. The molecule has 1 aliphatic heterocycles. The van der Waals surface area contributed by atoms with E-state index in [9.17, 15) is 0 Å². The minimum Gasteiger partial charge on any atom is -0.382 e. The first-order valence-electron chi connectivity index (χ1n) is 4.37. The first-order chi connectivity index (χ1) is 6.29. The van der Waals surface area contributed by atoms with Gasteiger partial charge in [0.15, 0.2) is 0 Å². The summed E-state index contributed by atoms with van der Waals surface area (Å²) in [5, 5.41) is 4.01. The zero-order valence-corrected chi connectivity index (χ0v) is 8.30. The number of halogens is 1. The van der Waals surface area contributed by atoms with Gasteiger partial charge in [0.1, 0.15) is 0 Å². The van der Waals surface area contributed by atoms with Crippen molar-refractivity contribution < 1.29 is 0 Å². The van der Waals surface area contributed by atoms with Crippen LogP contribution in [0.1, 0.15) is 6.42 Å². The Bertz CT molecular complexity index is 314. The average molecular weight is 198 g/mol. The molecule has 2 heterocycles. The first kappa shape index (κ1) is 8.63. The van der Waals surface area contributed by atoms with Crippen molar-refractivity contribution in [2.24, 2.45) is 0 Å². The largest absolute Gasteiger partial charge is 0.382 e. The van der Waals surface area contributed by atoms with Gasteiger partial charge in [-0.15, -0.1) is 0 Å². The Morgan fingerprint density at radius 1 is 1.54 bits per heavy atom. The Morgan fingerprint density at radius 3 is 3.23 bits per heavy atom. The molecule has 1 aromatic heterocycles. The summed E-state index contributed by atoms with van der Waals surface area (Å²) in [5.41, 5.74) is 2.10. The Balaban J connectivity index is 2.47. The van der Waals surface area contributed by atoms with Crippen LogP contribution in [0.3, 0.4) is 0 Å². The molecule has 70 valence electrons. The number of nitrogens with one attached hydrogen (secondary N) is 1. The zero-order chi connectivity index (χ0) is 9.26. The standard InChI is InChI=1S/C9H12ClN3/c1-13-4-2-3-12-9-7(10)5-11-6-8(9)13/h5-6,12H,2-4H2,1H3. The maximum Gasteiger partial charge on any atom is 0.0842 e. The van der Waals surface area contributed by atoms with Gasteiger partial charge in [-0.3, -0.25) is 4.98 Å². The van der Waals surface area contributed by atoms with Crippen LogP contribution in [0.2, 0.25) is 5.02 Å². The molecule has 0 atom stereocenters. The summed E-state index contributed by atoms with van der Waals surface area (Å²) in [6.07, 6.45) is 4.65. The lowest BCUT2D eigenvalue weighted by atomic mass is 10.3. The third kappa shape index (κ3) is 1.56. The molecule has 0 saturated heterocycles. The second kappa shape index (κ2) is 3.42. The van der Waals surface area contributed by atoms with E-state index in [0.29, 0.717) is 5.02 Å². The highest BCUT2D eigenvalue weighted by molar-refractivity contribution is 6.33. The third-order valence-electron chi connectivity index (χ3n) is 2.26. The van der Waals surface area contributed by atoms with Crippen LogP contribution in [0.15, 0.2) is 12.4 Å². The quantitative estimate of drug-likeness (QED) is 0.690. The molecule has 0 radical (unpaired) electrons. The van der Waals surface area contributed by atoms with Crippen molar-refractivity contribution >= 4 is 23.0 Å². The van der Waals surface area contributed by atoms with Crippen molar-refractivity contribution in [2.75, 3.05) is 30.4 Å². The fourth-order valence-corrected chi connectivity index (χ4v) is 1.76. The van der Waals surface area contributed by atoms with Crippen molar-refractivity contribution in [3.05, 3.63) is 17.4 Å². The lowest BCUT2D eigenvalue weighted by Crippen LogP contribution is -2.17. The van der Waals surface area contributed by atoms with E-state index in [1.165, 1.54) is 0 Å². The van der Waals surface area contributed by atoms with E-state index in [4.69, 9.17) is 11.6 Å². The van der Waals surface area contributed by atoms with E-state index >= 15 is 0 Å². The summed E-state index contributed by atoms with van der Waals surface area (Å²) in [5.74, 6) is 0. The number of fused-ring (bicyclic) bond motifs is 1. The van der Waals surface area contributed by atoms with E-state index in [2.05, 4.69) is 22.2 Å². The van der Waals surface area contributed by atoms with Crippen molar-refractivity contribution in [3.8, 4) is 0 Å². The molecule has 0 unspecified atom stereocenters. The topological polar surface area (TPSA) is 28.2 Å². The summed E-state index contributed by atoms with van der Waals surface area (Å²) in [4.78, 5) is 6.25. The van der Waals surface area contributed by atoms with Gasteiger partial charge >= 0.3 is 0 Å². The normalized spacial score (nSPS) is 16.0. The van der Waals surface area contributed by atoms with Gasteiger partial charge in [0.05, 0.1) is 22.6 Å². The van der Waals surface area contributed by atoms with Crippen molar-refractivity contribution in [1.82, 2.24) is 4.98 Å². The predicted molar refractivity (Wildman–Crippen MR) is 55.6 cm³/mol. The molecule has 0 amide bonds. The fourth-order valence-electron chi connectivity index (χ4n) is 1.54. The summed E-state index contributed by atoms with van der Waals surface area (Å²) in [6.45, 7) is 2.02. The number of aromatic nitrogens is 1. The van der Waals surface area contributed by atoms with Gasteiger partial charge < -0.3 is 10.2 Å². The van der Waals surface area contributed by atoms with Crippen molar-refractivity contribution in [3.63, 3.8) is 0 Å². The van der Waals surface area contributed by atoms with E-state index in [1.807, 2.05) is 6.20 Å². The highest BCUT2D eigenvalue weighted by Crippen LogP contribution is 2.32. The minimum absolute atomic E-state index is 0.700. The number of nitrogens with zero attached hydrogens (tertiary/aromatic N) is 2. The number of pyridine rings is 1. The molecule has 4 heteroatoms. The first-order valence-corrected chi connectivity index (χ1v) is 4.75. The summed E-state index contributed by atoms with van der Waals surface area (Å²) in [7, 11) is 2.06. The Kier molecular flexibility index (Phi) is 2.27. The molecular formula is C9H12ClN3. The molecule has 2 rings (SSSR count). The monoisotopic (exact) mass is 197 g/mol. The lowest BCUT2D eigenvalue weighted by molar-refractivity contribution is 0.836. The Labute approximate surface area is 82.7 Å². The maximum absolute atomic E-state index is 6.03. The second-order valence-corrected chi connectivity index (χ2v) is 3.62.